The number of rotatable bonds is 15. The quantitative estimate of drug-likeness (QED) is 0.110. The van der Waals surface area contributed by atoms with Gasteiger partial charge in [-0.2, -0.15) is 0 Å². The van der Waals surface area contributed by atoms with E-state index in [-0.39, 0.29) is 71.7 Å². The first-order valence-electron chi connectivity index (χ1n) is 26.0. The first-order chi connectivity index (χ1) is 35.7. The maximum absolute atomic E-state index is 15.0. The summed E-state index contributed by atoms with van der Waals surface area (Å²) in [5, 5.41) is 120. The Morgan fingerprint density at radius 1 is 0.684 bits per heavy atom. The van der Waals surface area contributed by atoms with Crippen molar-refractivity contribution >= 4 is 22.3 Å². The second-order valence-corrected chi connectivity index (χ2v) is 21.7. The molecule has 0 saturated carbocycles. The lowest BCUT2D eigenvalue weighted by atomic mass is 9.75. The molecule has 2 aromatic carbocycles. The van der Waals surface area contributed by atoms with Crippen molar-refractivity contribution in [2.24, 2.45) is 5.92 Å². The molecule has 0 amide bonds. The normalized spacial score (nSPS) is 42.5. The van der Waals surface area contributed by atoms with E-state index in [0.29, 0.717) is 0 Å². The molecule has 5 fully saturated rings. The van der Waals surface area contributed by atoms with E-state index in [2.05, 4.69) is 0 Å². The van der Waals surface area contributed by atoms with Crippen molar-refractivity contribution in [3.8, 4) is 17.2 Å². The highest BCUT2D eigenvalue weighted by Crippen LogP contribution is 2.47. The molecule has 6 aliphatic rings. The van der Waals surface area contributed by atoms with E-state index in [1.165, 1.54) is 46.9 Å². The number of ketones is 2. The molecule has 428 valence electrons. The van der Waals surface area contributed by atoms with Crippen molar-refractivity contribution in [3.63, 3.8) is 0 Å². The van der Waals surface area contributed by atoms with Gasteiger partial charge in [0.25, 0.3) is 0 Å². The standard InChI is InChI=1S/C52H76O24/c1-18-29(72-34-14-30(43(58)21(4)68-34)73-33-13-28(54)42(57)20(3)67-33)12-26-10-25-11-27(49(66-9)48(63)41(56)19(2)53)50(47(62)39(25)46(61)38(26)40(18)55)76-36-16-31(44(59)23(6)70-36)74-35-15-32(45(60)22(5)69-35)75-37-17-52(8,65)51(64)24(7)71-37/h10,12,19-24,27-28,30-37,41-45,49-51,53-61,64-65H,11,13-17H2,1-9H3/t19-,20-,21-,22-,23-,24-,27+,28-,30-,31-,32-,33+,34+,35+,36+,37+,41-,42-,43-,44-,45-,49+,50+,51-,52-/m1/s1. The monoisotopic (exact) mass is 1080 g/mol. The summed E-state index contributed by atoms with van der Waals surface area (Å²) in [4.78, 5) is 28.9. The molecule has 24 heteroatoms. The summed E-state index contributed by atoms with van der Waals surface area (Å²) in [6.45, 7) is 12.1. The van der Waals surface area contributed by atoms with E-state index < -0.39 is 176 Å². The molecule has 0 radical (unpaired) electrons. The van der Waals surface area contributed by atoms with E-state index >= 15 is 4.79 Å². The summed E-state index contributed by atoms with van der Waals surface area (Å²) in [6, 6.07) is 3.03. The molecule has 0 aromatic heterocycles. The SMILES string of the molecule is CO[C@H](C(=O)[C@H](O)[C@@H](C)O)[C@@H]1Cc2cc3cc(O[C@H]4C[C@@H](O[C@H]5C[C@@H](O)[C@H](O)[C@@H](C)O5)[C@H](O)[C@@H](C)O4)c(C)c(O)c3c(O)c2C(=O)[C@H]1O[C@H]1C[C@@H](O[C@H]2C[C@@H](O[C@H]3C[C@@](C)(O)[C@H](O)[C@@H](C)O3)[C@H](O)[C@@H](C)O2)[C@H](O)[C@@H](C)O1. The molecular formula is C52H76O24. The number of phenolic OH excluding ortho intramolecular Hbond substituents is 2. The molecule has 24 nitrogen and oxygen atoms in total. The molecule has 1 aliphatic carbocycles. The highest BCUT2D eigenvalue weighted by atomic mass is 16.7. The molecular weight excluding hydrogens is 1010 g/mol. The third-order valence-corrected chi connectivity index (χ3v) is 15.9. The van der Waals surface area contributed by atoms with E-state index in [9.17, 15) is 61.0 Å². The molecule has 25 atom stereocenters. The summed E-state index contributed by atoms with van der Waals surface area (Å²) >= 11 is 0. The lowest BCUT2D eigenvalue weighted by molar-refractivity contribution is -0.334. The van der Waals surface area contributed by atoms with Gasteiger partial charge in [-0.1, -0.05) is 0 Å². The molecule has 0 spiro atoms. The van der Waals surface area contributed by atoms with E-state index in [0.717, 1.165) is 0 Å². The van der Waals surface area contributed by atoms with Crippen LogP contribution in [0.15, 0.2) is 12.1 Å². The second-order valence-electron chi connectivity index (χ2n) is 21.7. The summed E-state index contributed by atoms with van der Waals surface area (Å²) in [6.07, 6.45) is -27.0. The Hall–Kier alpha value is -3.32. The van der Waals surface area contributed by atoms with Gasteiger partial charge in [0.2, 0.25) is 6.29 Å². The van der Waals surface area contributed by atoms with E-state index in [4.69, 9.17) is 52.1 Å². The number of carbonyl (C=O) groups is 2. The fraction of sp³-hybridized carbons (Fsp3) is 0.769. The molecule has 0 unspecified atom stereocenters. The van der Waals surface area contributed by atoms with Gasteiger partial charge in [0, 0.05) is 50.7 Å². The summed E-state index contributed by atoms with van der Waals surface area (Å²) in [5.41, 5.74) is -1.47. The van der Waals surface area contributed by atoms with Gasteiger partial charge in [-0.05, 0) is 84.9 Å². The fourth-order valence-electron chi connectivity index (χ4n) is 11.3. The van der Waals surface area contributed by atoms with Crippen molar-refractivity contribution in [2.75, 3.05) is 7.11 Å². The Kier molecular flexibility index (Phi) is 18.1. The first kappa shape index (κ1) is 58.8. The third-order valence-electron chi connectivity index (χ3n) is 15.9. The van der Waals surface area contributed by atoms with Crippen LogP contribution in [0.5, 0.6) is 17.2 Å². The number of carbonyl (C=O) groups excluding carboxylic acids is 2. The molecule has 11 N–H and O–H groups in total. The topological polar surface area (TPSA) is 358 Å². The van der Waals surface area contributed by atoms with Crippen LogP contribution in [-0.4, -0.2) is 222 Å². The van der Waals surface area contributed by atoms with Crippen LogP contribution in [0, 0.1) is 12.8 Å². The maximum Gasteiger partial charge on any atom is 0.202 e. The molecule has 5 saturated heterocycles. The average molecular weight is 1090 g/mol. The number of phenols is 2. The fourth-order valence-corrected chi connectivity index (χ4v) is 11.3. The molecule has 76 heavy (non-hydrogen) atoms. The molecule has 5 aliphatic heterocycles. The largest absolute Gasteiger partial charge is 0.507 e. The highest BCUT2D eigenvalue weighted by Gasteiger charge is 2.51. The summed E-state index contributed by atoms with van der Waals surface area (Å²) in [5.74, 6) is -4.07. The number of aliphatic hydroxyl groups excluding tert-OH is 8. The van der Waals surface area contributed by atoms with Gasteiger partial charge in [-0.3, -0.25) is 9.59 Å². The predicted octanol–water partition coefficient (Wildman–Crippen LogP) is -0.249. The van der Waals surface area contributed by atoms with Gasteiger partial charge < -0.3 is 108 Å². The van der Waals surface area contributed by atoms with Crippen LogP contribution in [-0.2, 0) is 58.6 Å². The van der Waals surface area contributed by atoms with Crippen LogP contribution in [0.2, 0.25) is 0 Å². The van der Waals surface area contributed by atoms with Crippen molar-refractivity contribution in [1.82, 2.24) is 0 Å². The van der Waals surface area contributed by atoms with E-state index in [1.54, 1.807) is 27.7 Å². The number of aromatic hydroxyl groups is 2. The Morgan fingerprint density at radius 3 is 1.70 bits per heavy atom. The van der Waals surface area contributed by atoms with E-state index in [1.807, 2.05) is 0 Å². The zero-order valence-corrected chi connectivity index (χ0v) is 44.0. The zero-order chi connectivity index (χ0) is 55.6. The number of hydrogen-bond acceptors (Lipinski definition) is 24. The zero-order valence-electron chi connectivity index (χ0n) is 44.0. The van der Waals surface area contributed by atoms with Crippen molar-refractivity contribution in [2.45, 2.75) is 241 Å². The second kappa shape index (κ2) is 23.4. The maximum atomic E-state index is 15.0. The number of ether oxygens (including phenoxy) is 11. The van der Waals surface area contributed by atoms with Crippen LogP contribution in [0.4, 0.5) is 0 Å². The smallest absolute Gasteiger partial charge is 0.202 e. The third kappa shape index (κ3) is 11.9. The number of methoxy groups -OCH3 is 1. The minimum Gasteiger partial charge on any atom is -0.507 e. The molecule has 8 rings (SSSR count). The number of benzene rings is 2. The van der Waals surface area contributed by atoms with Gasteiger partial charge in [-0.15, -0.1) is 0 Å². The number of aliphatic hydroxyl groups is 9. The Labute approximate surface area is 439 Å². The Bertz CT molecular complexity index is 2350. The summed E-state index contributed by atoms with van der Waals surface area (Å²) < 4.78 is 66.5. The Balaban J connectivity index is 1.04. The molecule has 2 aromatic rings. The lowest BCUT2D eigenvalue weighted by Gasteiger charge is -2.46. The Morgan fingerprint density at radius 2 is 1.17 bits per heavy atom. The van der Waals surface area contributed by atoms with Gasteiger partial charge in [-0.25, -0.2) is 0 Å². The van der Waals surface area contributed by atoms with Crippen molar-refractivity contribution in [3.05, 3.63) is 28.8 Å². The number of fused-ring (bicyclic) bond motifs is 2. The molecule has 0 bridgehead atoms. The van der Waals surface area contributed by atoms with Crippen LogP contribution in [0.3, 0.4) is 0 Å². The van der Waals surface area contributed by atoms with Gasteiger partial charge >= 0.3 is 0 Å². The van der Waals surface area contributed by atoms with Crippen LogP contribution >= 0.6 is 0 Å². The first-order valence-corrected chi connectivity index (χ1v) is 26.0. The van der Waals surface area contributed by atoms with Crippen LogP contribution in [0.25, 0.3) is 10.8 Å². The van der Waals surface area contributed by atoms with Gasteiger partial charge in [0.1, 0.15) is 66.1 Å². The predicted molar refractivity (Wildman–Crippen MR) is 259 cm³/mol. The minimum atomic E-state index is -1.95. The van der Waals surface area contributed by atoms with Crippen LogP contribution in [0.1, 0.15) is 102 Å². The lowest BCUT2D eigenvalue weighted by Crippen LogP contribution is -2.58. The van der Waals surface area contributed by atoms with Gasteiger partial charge in [0.05, 0.1) is 77.6 Å². The number of Topliss-reactive ketones (excluding diaryl/α,β-unsaturated/α-hetero) is 2. The highest BCUT2D eigenvalue weighted by molar-refractivity contribution is 6.11. The van der Waals surface area contributed by atoms with Gasteiger partial charge in [0.15, 0.2) is 36.7 Å². The number of hydrogen-bond donors (Lipinski definition) is 11. The minimum absolute atomic E-state index is 0.0365. The molecule has 5 heterocycles. The average Bonchev–Trinajstić information content (AvgIpc) is 3.38. The van der Waals surface area contributed by atoms with Crippen LogP contribution < -0.4 is 4.74 Å². The van der Waals surface area contributed by atoms with Crippen molar-refractivity contribution in [1.29, 1.82) is 0 Å². The summed E-state index contributed by atoms with van der Waals surface area (Å²) in [7, 11) is 1.18. The van der Waals surface area contributed by atoms with Crippen molar-refractivity contribution < 1.29 is 118 Å².